The highest BCUT2D eigenvalue weighted by Crippen LogP contribution is 2.25. The molecule has 0 bridgehead atoms. The fraction of sp³-hybridized carbons (Fsp3) is 0.556. The fourth-order valence-corrected chi connectivity index (χ4v) is 2.42. The Labute approximate surface area is 71.4 Å². The predicted octanol–water partition coefficient (Wildman–Crippen LogP) is 2.56. The summed E-state index contributed by atoms with van der Waals surface area (Å²) in [5.74, 6) is 0. The summed E-state index contributed by atoms with van der Waals surface area (Å²) < 4.78 is 0. The van der Waals surface area contributed by atoms with E-state index in [4.69, 9.17) is 0 Å². The Kier molecular flexibility index (Phi) is 2.24. The van der Waals surface area contributed by atoms with Crippen LogP contribution in [-0.2, 0) is 0 Å². The van der Waals surface area contributed by atoms with Gasteiger partial charge in [-0.25, -0.2) is 0 Å². The van der Waals surface area contributed by atoms with Gasteiger partial charge in [0.1, 0.15) is 0 Å². The van der Waals surface area contributed by atoms with Gasteiger partial charge in [0.25, 0.3) is 0 Å². The topological polar surface area (TPSA) is 12.0 Å². The average molecular weight is 167 g/mol. The quantitative estimate of drug-likeness (QED) is 0.678. The number of piperidine rings is 1. The van der Waals surface area contributed by atoms with Crippen LogP contribution in [0.15, 0.2) is 17.5 Å². The van der Waals surface area contributed by atoms with Crippen LogP contribution in [0.4, 0.5) is 0 Å². The van der Waals surface area contributed by atoms with E-state index in [1.54, 1.807) is 0 Å². The van der Waals surface area contributed by atoms with Crippen LogP contribution in [0.5, 0.6) is 0 Å². The Balaban J connectivity index is 2.04. The average Bonchev–Trinajstić information content (AvgIpc) is 2.58. The first kappa shape index (κ1) is 7.32. The van der Waals surface area contributed by atoms with Gasteiger partial charge in [0, 0.05) is 10.9 Å². The first-order valence-corrected chi connectivity index (χ1v) is 5.11. The van der Waals surface area contributed by atoms with Crippen molar-refractivity contribution in [3.63, 3.8) is 0 Å². The lowest BCUT2D eigenvalue weighted by atomic mass is 10.0. The van der Waals surface area contributed by atoms with E-state index < -0.39 is 0 Å². The van der Waals surface area contributed by atoms with E-state index in [0.29, 0.717) is 6.04 Å². The molecular formula is C9H13NS. The molecule has 0 unspecified atom stereocenters. The van der Waals surface area contributed by atoms with E-state index >= 15 is 0 Å². The minimum atomic E-state index is 0.656. The second-order valence-electron chi connectivity index (χ2n) is 3.02. The molecule has 1 aliphatic rings. The molecule has 1 atom stereocenters. The molecule has 1 saturated heterocycles. The summed E-state index contributed by atoms with van der Waals surface area (Å²) in [6.45, 7) is 1.20. The Bertz CT molecular complexity index is 199. The van der Waals surface area contributed by atoms with Gasteiger partial charge < -0.3 is 5.32 Å². The molecule has 0 radical (unpaired) electrons. The molecule has 0 saturated carbocycles. The van der Waals surface area contributed by atoms with Crippen LogP contribution >= 0.6 is 11.3 Å². The van der Waals surface area contributed by atoms with Gasteiger partial charge in [0.15, 0.2) is 0 Å². The second-order valence-corrected chi connectivity index (χ2v) is 4.00. The third-order valence-electron chi connectivity index (χ3n) is 2.20. The van der Waals surface area contributed by atoms with Crippen LogP contribution in [0.25, 0.3) is 0 Å². The maximum Gasteiger partial charge on any atom is 0.0414 e. The third kappa shape index (κ3) is 1.63. The lowest BCUT2D eigenvalue weighted by molar-refractivity contribution is 0.417. The number of rotatable bonds is 1. The van der Waals surface area contributed by atoms with Crippen molar-refractivity contribution in [3.05, 3.63) is 22.4 Å². The number of hydrogen-bond acceptors (Lipinski definition) is 2. The van der Waals surface area contributed by atoms with E-state index in [0.717, 1.165) is 0 Å². The first-order chi connectivity index (χ1) is 5.47. The summed E-state index contributed by atoms with van der Waals surface area (Å²) in [5, 5.41) is 5.69. The van der Waals surface area contributed by atoms with Crippen LogP contribution < -0.4 is 5.32 Å². The van der Waals surface area contributed by atoms with E-state index in [1.165, 1.54) is 30.7 Å². The summed E-state index contributed by atoms with van der Waals surface area (Å²) in [4.78, 5) is 1.50. The van der Waals surface area contributed by atoms with Crippen molar-refractivity contribution < 1.29 is 0 Å². The van der Waals surface area contributed by atoms with Crippen molar-refractivity contribution in [2.75, 3.05) is 6.54 Å². The maximum atomic E-state index is 3.53. The predicted molar refractivity (Wildman–Crippen MR) is 48.9 cm³/mol. The van der Waals surface area contributed by atoms with Crippen molar-refractivity contribution in [2.45, 2.75) is 25.3 Å². The molecular weight excluding hydrogens is 154 g/mol. The minimum Gasteiger partial charge on any atom is -0.309 e. The van der Waals surface area contributed by atoms with E-state index in [1.807, 2.05) is 11.3 Å². The summed E-state index contributed by atoms with van der Waals surface area (Å²) in [5.41, 5.74) is 0. The molecule has 1 aromatic heterocycles. The Morgan fingerprint density at radius 2 is 2.45 bits per heavy atom. The molecule has 1 aliphatic heterocycles. The summed E-state index contributed by atoms with van der Waals surface area (Å²) in [6, 6.07) is 5.02. The van der Waals surface area contributed by atoms with Gasteiger partial charge in [-0.3, -0.25) is 0 Å². The standard InChI is InChI=1S/C9H13NS/c1-2-6-10-8(4-1)9-5-3-7-11-9/h3,5,7-8,10H,1-2,4,6H2/t8-/m1/s1. The van der Waals surface area contributed by atoms with Crippen LogP contribution in [0.1, 0.15) is 30.2 Å². The highest BCUT2D eigenvalue weighted by atomic mass is 32.1. The number of thiophene rings is 1. The summed E-state index contributed by atoms with van der Waals surface area (Å²) in [6.07, 6.45) is 4.05. The molecule has 60 valence electrons. The first-order valence-electron chi connectivity index (χ1n) is 4.23. The van der Waals surface area contributed by atoms with Crippen LogP contribution in [0, 0.1) is 0 Å². The Morgan fingerprint density at radius 3 is 3.09 bits per heavy atom. The van der Waals surface area contributed by atoms with Crippen molar-refractivity contribution in [1.82, 2.24) is 5.32 Å². The van der Waals surface area contributed by atoms with Gasteiger partial charge in [-0.2, -0.15) is 0 Å². The van der Waals surface area contributed by atoms with Crippen LogP contribution in [0.3, 0.4) is 0 Å². The maximum absolute atomic E-state index is 3.53. The molecule has 11 heavy (non-hydrogen) atoms. The molecule has 2 rings (SSSR count). The summed E-state index contributed by atoms with van der Waals surface area (Å²) in [7, 11) is 0. The Hall–Kier alpha value is -0.340. The molecule has 0 aliphatic carbocycles. The van der Waals surface area contributed by atoms with Gasteiger partial charge in [-0.1, -0.05) is 12.5 Å². The van der Waals surface area contributed by atoms with Crippen molar-refractivity contribution >= 4 is 11.3 Å². The van der Waals surface area contributed by atoms with Gasteiger partial charge in [-0.15, -0.1) is 11.3 Å². The largest absolute Gasteiger partial charge is 0.309 e. The molecule has 0 amide bonds. The molecule has 0 spiro atoms. The monoisotopic (exact) mass is 167 g/mol. The zero-order valence-electron chi connectivity index (χ0n) is 6.55. The van der Waals surface area contributed by atoms with Crippen LogP contribution in [-0.4, -0.2) is 6.54 Å². The molecule has 0 aromatic carbocycles. The number of hydrogen-bond donors (Lipinski definition) is 1. The van der Waals surface area contributed by atoms with E-state index in [2.05, 4.69) is 22.8 Å². The van der Waals surface area contributed by atoms with E-state index in [-0.39, 0.29) is 0 Å². The zero-order chi connectivity index (χ0) is 7.52. The fourth-order valence-electron chi connectivity index (χ4n) is 1.58. The lowest BCUT2D eigenvalue weighted by Crippen LogP contribution is -2.25. The molecule has 2 heterocycles. The van der Waals surface area contributed by atoms with Crippen LogP contribution in [0.2, 0.25) is 0 Å². The normalized spacial score (nSPS) is 25.3. The third-order valence-corrected chi connectivity index (χ3v) is 3.18. The van der Waals surface area contributed by atoms with E-state index in [9.17, 15) is 0 Å². The van der Waals surface area contributed by atoms with Gasteiger partial charge in [0.05, 0.1) is 0 Å². The van der Waals surface area contributed by atoms with Crippen molar-refractivity contribution in [1.29, 1.82) is 0 Å². The van der Waals surface area contributed by atoms with Gasteiger partial charge in [-0.05, 0) is 30.8 Å². The highest BCUT2D eigenvalue weighted by Gasteiger charge is 2.14. The minimum absolute atomic E-state index is 0.656. The zero-order valence-corrected chi connectivity index (χ0v) is 7.36. The smallest absolute Gasteiger partial charge is 0.0414 e. The van der Waals surface area contributed by atoms with Crippen molar-refractivity contribution in [2.24, 2.45) is 0 Å². The van der Waals surface area contributed by atoms with Gasteiger partial charge >= 0.3 is 0 Å². The summed E-state index contributed by atoms with van der Waals surface area (Å²) >= 11 is 1.87. The molecule has 1 N–H and O–H groups in total. The second kappa shape index (κ2) is 3.37. The molecule has 1 nitrogen and oxygen atoms in total. The lowest BCUT2D eigenvalue weighted by Gasteiger charge is -2.21. The molecule has 2 heteroatoms. The Morgan fingerprint density at radius 1 is 1.45 bits per heavy atom. The molecule has 1 fully saturated rings. The SMILES string of the molecule is c1csc([C@H]2CCCCN2)c1. The van der Waals surface area contributed by atoms with Gasteiger partial charge in [0.2, 0.25) is 0 Å². The number of nitrogens with one attached hydrogen (secondary N) is 1. The highest BCUT2D eigenvalue weighted by molar-refractivity contribution is 7.10. The van der Waals surface area contributed by atoms with Crippen molar-refractivity contribution in [3.8, 4) is 0 Å². The molecule has 1 aromatic rings.